The second-order valence-electron chi connectivity index (χ2n) is 8.01. The highest BCUT2D eigenvalue weighted by molar-refractivity contribution is 6.30. The first-order valence-electron chi connectivity index (χ1n) is 10.9. The molecule has 1 unspecified atom stereocenters. The summed E-state index contributed by atoms with van der Waals surface area (Å²) in [7, 11) is 0. The van der Waals surface area contributed by atoms with Crippen LogP contribution in [0.2, 0.25) is 5.02 Å². The molecule has 1 saturated heterocycles. The Hall–Kier alpha value is -3.88. The minimum atomic E-state index is -0.738. The zero-order valence-electron chi connectivity index (χ0n) is 18.7. The number of halogens is 2. The third-order valence-electron chi connectivity index (χ3n) is 5.74. The van der Waals surface area contributed by atoms with Gasteiger partial charge >= 0.3 is 0 Å². The number of hydrogen-bond acceptors (Lipinski definition) is 8. The number of nitrogens with zero attached hydrogens (tertiary/aromatic N) is 6. The second-order valence-corrected chi connectivity index (χ2v) is 8.45. The molecule has 0 saturated carbocycles. The van der Waals surface area contributed by atoms with Crippen LogP contribution in [0.5, 0.6) is 0 Å². The van der Waals surface area contributed by atoms with Crippen molar-refractivity contribution < 1.29 is 9.18 Å². The van der Waals surface area contributed by atoms with E-state index in [4.69, 9.17) is 17.0 Å². The summed E-state index contributed by atoms with van der Waals surface area (Å²) >= 11 is 5.72. The van der Waals surface area contributed by atoms with Crippen LogP contribution in [-0.2, 0) is 0 Å². The topological polar surface area (TPSA) is 138 Å². The van der Waals surface area contributed by atoms with E-state index in [1.54, 1.807) is 17.3 Å². The minimum absolute atomic E-state index is 0.136. The number of carbonyl (C=O) groups excluding carboxylic acids is 1. The van der Waals surface area contributed by atoms with Crippen LogP contribution in [0.1, 0.15) is 22.6 Å². The largest absolute Gasteiger partial charge is 0.385 e. The van der Waals surface area contributed by atoms with Gasteiger partial charge in [0.25, 0.3) is 5.91 Å². The van der Waals surface area contributed by atoms with Gasteiger partial charge in [0.1, 0.15) is 12.0 Å². The Kier molecular flexibility index (Phi) is 7.64. The zero-order valence-corrected chi connectivity index (χ0v) is 19.5. The summed E-state index contributed by atoms with van der Waals surface area (Å²) in [4.78, 5) is 31.7. The van der Waals surface area contributed by atoms with E-state index in [1.165, 1.54) is 18.7 Å². The number of H-pyrrole nitrogens is 1. The fourth-order valence-corrected chi connectivity index (χ4v) is 4.09. The standard InChI is InChI=1S/C23H23ClFN9O/c24-16-9-19(25)21(30-12-16)23(35)34-7-5-33(6-8-34)13-17(1-3-26)29-11-15(10-27)20-18-2-4-28-22(18)32-14-31-20/h2,4,9-12,14,17,27,29H,1,5-8,13H2,(H,28,31,32)/b15-11+,27-10?. The first-order chi connectivity index (χ1) is 17.0. The van der Waals surface area contributed by atoms with Gasteiger partial charge in [0.15, 0.2) is 11.5 Å². The lowest BCUT2D eigenvalue weighted by Gasteiger charge is -2.36. The van der Waals surface area contributed by atoms with Crippen LogP contribution in [0.4, 0.5) is 4.39 Å². The van der Waals surface area contributed by atoms with Gasteiger partial charge < -0.3 is 20.6 Å². The third-order valence-corrected chi connectivity index (χ3v) is 5.95. The Bertz CT molecular complexity index is 1290. The number of hydrogen-bond donors (Lipinski definition) is 3. The summed E-state index contributed by atoms with van der Waals surface area (Å²) in [5.41, 5.74) is 1.62. The van der Waals surface area contributed by atoms with E-state index in [1.807, 2.05) is 6.07 Å². The van der Waals surface area contributed by atoms with E-state index in [0.29, 0.717) is 49.6 Å². The molecule has 1 aliphatic heterocycles. The van der Waals surface area contributed by atoms with Crippen LogP contribution in [0.15, 0.2) is 37.1 Å². The molecule has 1 atom stereocenters. The lowest BCUT2D eigenvalue weighted by molar-refractivity contribution is 0.0617. The summed E-state index contributed by atoms with van der Waals surface area (Å²) in [6.07, 6.45) is 7.61. The fourth-order valence-electron chi connectivity index (χ4n) is 3.94. The van der Waals surface area contributed by atoms with Gasteiger partial charge in [-0.05, 0) is 12.1 Å². The van der Waals surface area contributed by atoms with E-state index < -0.39 is 11.7 Å². The van der Waals surface area contributed by atoms with Gasteiger partial charge in [-0.2, -0.15) is 5.26 Å². The molecular weight excluding hydrogens is 473 g/mol. The average molecular weight is 496 g/mol. The van der Waals surface area contributed by atoms with Crippen LogP contribution >= 0.6 is 11.6 Å². The molecule has 10 nitrogen and oxygen atoms in total. The van der Waals surface area contributed by atoms with Crippen molar-refractivity contribution in [3.05, 3.63) is 59.3 Å². The van der Waals surface area contributed by atoms with Crippen molar-refractivity contribution in [3.8, 4) is 6.07 Å². The Morgan fingerprint density at radius 3 is 2.83 bits per heavy atom. The normalized spacial score (nSPS) is 15.6. The van der Waals surface area contributed by atoms with Gasteiger partial charge in [-0.3, -0.25) is 9.69 Å². The number of rotatable bonds is 8. The van der Waals surface area contributed by atoms with Gasteiger partial charge in [-0.25, -0.2) is 19.3 Å². The Morgan fingerprint density at radius 1 is 1.31 bits per heavy atom. The predicted molar refractivity (Wildman–Crippen MR) is 129 cm³/mol. The molecule has 3 N–H and O–H groups in total. The highest BCUT2D eigenvalue weighted by Gasteiger charge is 2.26. The number of carbonyl (C=O) groups is 1. The Morgan fingerprint density at radius 2 is 2.11 bits per heavy atom. The fraction of sp³-hybridized carbons (Fsp3) is 0.304. The van der Waals surface area contributed by atoms with E-state index in [0.717, 1.165) is 11.5 Å². The number of allylic oxidation sites excluding steroid dienone is 1. The first-order valence-corrected chi connectivity index (χ1v) is 11.3. The number of aromatic amines is 1. The summed E-state index contributed by atoms with van der Waals surface area (Å²) < 4.78 is 14.1. The summed E-state index contributed by atoms with van der Waals surface area (Å²) in [5, 5.41) is 21.3. The molecule has 4 rings (SSSR count). The smallest absolute Gasteiger partial charge is 0.275 e. The summed E-state index contributed by atoms with van der Waals surface area (Å²) in [6, 6.07) is 4.92. The van der Waals surface area contributed by atoms with Gasteiger partial charge in [-0.15, -0.1) is 0 Å². The van der Waals surface area contributed by atoms with Crippen LogP contribution in [0.25, 0.3) is 16.6 Å². The quantitative estimate of drug-likeness (QED) is 0.408. The molecule has 1 fully saturated rings. The molecule has 0 radical (unpaired) electrons. The maximum absolute atomic E-state index is 14.1. The maximum Gasteiger partial charge on any atom is 0.275 e. The second kappa shape index (κ2) is 11.0. The number of nitriles is 1. The number of aromatic nitrogens is 4. The van der Waals surface area contributed by atoms with Crippen molar-refractivity contribution in [1.29, 1.82) is 10.7 Å². The number of piperazine rings is 1. The van der Waals surface area contributed by atoms with Gasteiger partial charge in [0, 0.05) is 68.5 Å². The van der Waals surface area contributed by atoms with Crippen LogP contribution < -0.4 is 5.32 Å². The molecule has 180 valence electrons. The van der Waals surface area contributed by atoms with E-state index in [9.17, 15) is 14.4 Å². The summed E-state index contributed by atoms with van der Waals surface area (Å²) in [6.45, 7) is 2.53. The molecule has 1 aliphatic rings. The van der Waals surface area contributed by atoms with Crippen molar-refractivity contribution in [2.24, 2.45) is 0 Å². The van der Waals surface area contributed by atoms with Crippen molar-refractivity contribution >= 4 is 40.3 Å². The van der Waals surface area contributed by atoms with Crippen LogP contribution in [0, 0.1) is 22.6 Å². The maximum atomic E-state index is 14.1. The van der Waals surface area contributed by atoms with Gasteiger partial charge in [-0.1, -0.05) is 11.6 Å². The van der Waals surface area contributed by atoms with Crippen molar-refractivity contribution in [2.45, 2.75) is 12.5 Å². The first kappa shape index (κ1) is 24.3. The van der Waals surface area contributed by atoms with E-state index in [-0.39, 0.29) is 23.2 Å². The van der Waals surface area contributed by atoms with Crippen molar-refractivity contribution in [2.75, 3.05) is 32.7 Å². The Balaban J connectivity index is 1.37. The molecule has 12 heteroatoms. The molecule has 0 aromatic carbocycles. The number of fused-ring (bicyclic) bond motifs is 1. The highest BCUT2D eigenvalue weighted by Crippen LogP contribution is 2.19. The average Bonchev–Trinajstić information content (AvgIpc) is 3.34. The predicted octanol–water partition coefficient (Wildman–Crippen LogP) is 2.47. The zero-order chi connectivity index (χ0) is 24.8. The summed E-state index contributed by atoms with van der Waals surface area (Å²) in [5.74, 6) is -1.21. The van der Waals surface area contributed by atoms with E-state index in [2.05, 4.69) is 36.2 Å². The van der Waals surface area contributed by atoms with Gasteiger partial charge in [0.05, 0.1) is 29.2 Å². The molecule has 3 aromatic heterocycles. The van der Waals surface area contributed by atoms with Crippen molar-refractivity contribution in [1.82, 2.24) is 35.1 Å². The SMILES string of the molecule is N#CCC(CN1CCN(C(=O)c2ncc(Cl)cc2F)CC1)N/C=C(\C=N)c1ncnc2[nH]ccc12. The number of amides is 1. The molecule has 35 heavy (non-hydrogen) atoms. The molecular formula is C23H23ClFN9O. The van der Waals surface area contributed by atoms with Gasteiger partial charge in [0.2, 0.25) is 0 Å². The molecule has 0 aliphatic carbocycles. The molecule has 0 spiro atoms. The lowest BCUT2D eigenvalue weighted by Crippen LogP contribution is -2.52. The molecule has 3 aromatic rings. The molecule has 0 bridgehead atoms. The van der Waals surface area contributed by atoms with Crippen LogP contribution in [0.3, 0.4) is 0 Å². The Labute approximate surface area is 205 Å². The molecule has 1 amide bonds. The van der Waals surface area contributed by atoms with E-state index >= 15 is 0 Å². The molecule has 4 heterocycles. The van der Waals surface area contributed by atoms with Crippen LogP contribution in [-0.4, -0.2) is 80.6 Å². The monoisotopic (exact) mass is 495 g/mol. The lowest BCUT2D eigenvalue weighted by atomic mass is 10.1. The van der Waals surface area contributed by atoms with Crippen molar-refractivity contribution in [3.63, 3.8) is 0 Å². The number of nitrogens with one attached hydrogen (secondary N) is 3. The third kappa shape index (κ3) is 5.62. The minimum Gasteiger partial charge on any atom is -0.385 e. The number of pyridine rings is 1. The highest BCUT2D eigenvalue weighted by atomic mass is 35.5.